The Bertz CT molecular complexity index is 1470. The first-order valence-electron chi connectivity index (χ1n) is 12.2. The van der Waals surface area contributed by atoms with E-state index in [9.17, 15) is 4.79 Å². The highest BCUT2D eigenvalue weighted by Crippen LogP contribution is 2.27. The fourth-order valence-electron chi connectivity index (χ4n) is 4.35. The van der Waals surface area contributed by atoms with Crippen molar-refractivity contribution in [2.75, 3.05) is 0 Å². The van der Waals surface area contributed by atoms with Gasteiger partial charge in [0, 0.05) is 11.6 Å². The quantitative estimate of drug-likeness (QED) is 0.280. The summed E-state index contributed by atoms with van der Waals surface area (Å²) in [7, 11) is 0. The van der Waals surface area contributed by atoms with Crippen molar-refractivity contribution in [2.45, 2.75) is 33.0 Å². The topological polar surface area (TPSA) is 56.1 Å². The standard InChI is InChI=1S/C31H29N3O2/c1-22(2)32-31(35)24-17-18-29-28(19-24)33-30(21-36-26-14-7-4-8-15-26)34(29)20-25-13-9-10-16-27(25)23-11-5-3-6-12-23/h3-19,22H,20-21H2,1-2H3,(H,32,35). The molecule has 0 bridgehead atoms. The zero-order chi connectivity index (χ0) is 24.9. The number of hydrogen-bond acceptors (Lipinski definition) is 3. The molecule has 1 N–H and O–H groups in total. The van der Waals surface area contributed by atoms with Gasteiger partial charge in [-0.1, -0.05) is 72.8 Å². The summed E-state index contributed by atoms with van der Waals surface area (Å²) in [6.45, 7) is 4.86. The molecule has 0 atom stereocenters. The monoisotopic (exact) mass is 475 g/mol. The molecule has 1 amide bonds. The molecule has 0 saturated carbocycles. The molecule has 0 fully saturated rings. The van der Waals surface area contributed by atoms with E-state index in [-0.39, 0.29) is 11.9 Å². The normalized spacial score (nSPS) is 11.1. The van der Waals surface area contributed by atoms with Gasteiger partial charge in [-0.05, 0) is 60.9 Å². The molecule has 0 aliphatic carbocycles. The predicted octanol–water partition coefficient (Wildman–Crippen LogP) is 6.47. The van der Waals surface area contributed by atoms with Crippen LogP contribution in [0.1, 0.15) is 35.6 Å². The zero-order valence-corrected chi connectivity index (χ0v) is 20.5. The van der Waals surface area contributed by atoms with E-state index >= 15 is 0 Å². The Morgan fingerprint density at radius 1 is 0.889 bits per heavy atom. The van der Waals surface area contributed by atoms with E-state index in [1.54, 1.807) is 0 Å². The van der Waals surface area contributed by atoms with Crippen LogP contribution in [0.2, 0.25) is 0 Å². The molecule has 180 valence electrons. The molecule has 5 heteroatoms. The highest BCUT2D eigenvalue weighted by Gasteiger charge is 2.16. The highest BCUT2D eigenvalue weighted by molar-refractivity contribution is 5.97. The number of nitrogens with one attached hydrogen (secondary N) is 1. The lowest BCUT2D eigenvalue weighted by molar-refractivity contribution is 0.0943. The first-order chi connectivity index (χ1) is 17.6. The number of fused-ring (bicyclic) bond motifs is 1. The van der Waals surface area contributed by atoms with Gasteiger partial charge in [0.05, 0.1) is 17.6 Å². The van der Waals surface area contributed by atoms with Crippen molar-refractivity contribution in [1.29, 1.82) is 0 Å². The van der Waals surface area contributed by atoms with Crippen LogP contribution in [0.3, 0.4) is 0 Å². The highest BCUT2D eigenvalue weighted by atomic mass is 16.5. The number of carbonyl (C=O) groups is 1. The van der Waals surface area contributed by atoms with Gasteiger partial charge in [-0.15, -0.1) is 0 Å². The molecule has 4 aromatic carbocycles. The van der Waals surface area contributed by atoms with Crippen LogP contribution >= 0.6 is 0 Å². The molecule has 0 unspecified atom stereocenters. The van der Waals surface area contributed by atoms with Crippen LogP contribution in [0, 0.1) is 0 Å². The summed E-state index contributed by atoms with van der Waals surface area (Å²) < 4.78 is 8.27. The lowest BCUT2D eigenvalue weighted by atomic mass is 9.99. The number of amides is 1. The summed E-state index contributed by atoms with van der Waals surface area (Å²) in [5.74, 6) is 1.49. The van der Waals surface area contributed by atoms with Crippen LogP contribution in [0.25, 0.3) is 22.2 Å². The minimum atomic E-state index is -0.0991. The lowest BCUT2D eigenvalue weighted by Gasteiger charge is -2.14. The molecule has 0 aliphatic heterocycles. The van der Waals surface area contributed by atoms with Gasteiger partial charge in [0.15, 0.2) is 0 Å². The number of benzene rings is 4. The van der Waals surface area contributed by atoms with Crippen LogP contribution in [-0.4, -0.2) is 21.5 Å². The van der Waals surface area contributed by atoms with Crippen LogP contribution in [0.15, 0.2) is 103 Å². The van der Waals surface area contributed by atoms with E-state index in [1.807, 2.05) is 68.4 Å². The van der Waals surface area contributed by atoms with Gasteiger partial charge in [-0.2, -0.15) is 0 Å². The molecule has 0 saturated heterocycles. The Hall–Kier alpha value is -4.38. The number of para-hydroxylation sites is 1. The van der Waals surface area contributed by atoms with Crippen molar-refractivity contribution in [2.24, 2.45) is 0 Å². The van der Waals surface area contributed by atoms with Gasteiger partial charge < -0.3 is 14.6 Å². The summed E-state index contributed by atoms with van der Waals surface area (Å²) in [6, 6.07) is 34.3. The SMILES string of the molecule is CC(C)NC(=O)c1ccc2c(c1)nc(COc1ccccc1)n2Cc1ccccc1-c1ccccc1. The van der Waals surface area contributed by atoms with Crippen LogP contribution < -0.4 is 10.1 Å². The van der Waals surface area contributed by atoms with Crippen molar-refractivity contribution in [3.63, 3.8) is 0 Å². The molecular weight excluding hydrogens is 446 g/mol. The number of aromatic nitrogens is 2. The first-order valence-corrected chi connectivity index (χ1v) is 12.2. The number of rotatable bonds is 8. The third-order valence-electron chi connectivity index (χ3n) is 6.05. The molecule has 5 rings (SSSR count). The maximum Gasteiger partial charge on any atom is 0.251 e. The first kappa shape index (κ1) is 23.4. The van der Waals surface area contributed by atoms with E-state index in [0.29, 0.717) is 18.7 Å². The zero-order valence-electron chi connectivity index (χ0n) is 20.5. The average molecular weight is 476 g/mol. The van der Waals surface area contributed by atoms with Gasteiger partial charge in [-0.25, -0.2) is 4.98 Å². The van der Waals surface area contributed by atoms with E-state index < -0.39 is 0 Å². The van der Waals surface area contributed by atoms with Crippen LogP contribution in [0.5, 0.6) is 5.75 Å². The second-order valence-electron chi connectivity index (χ2n) is 9.07. The molecular formula is C31H29N3O2. The largest absolute Gasteiger partial charge is 0.486 e. The summed E-state index contributed by atoms with van der Waals surface area (Å²) in [5, 5.41) is 2.96. The van der Waals surface area contributed by atoms with Crippen molar-refractivity contribution < 1.29 is 9.53 Å². The Balaban J connectivity index is 1.55. The summed E-state index contributed by atoms with van der Waals surface area (Å²) >= 11 is 0. The van der Waals surface area contributed by atoms with Gasteiger partial charge in [0.25, 0.3) is 5.91 Å². The fourth-order valence-corrected chi connectivity index (χ4v) is 4.35. The van der Waals surface area contributed by atoms with E-state index in [4.69, 9.17) is 9.72 Å². The van der Waals surface area contributed by atoms with Gasteiger partial charge >= 0.3 is 0 Å². The van der Waals surface area contributed by atoms with Gasteiger partial charge in [-0.3, -0.25) is 4.79 Å². The molecule has 0 aliphatic rings. The summed E-state index contributed by atoms with van der Waals surface area (Å²) in [4.78, 5) is 17.5. The predicted molar refractivity (Wildman–Crippen MR) is 144 cm³/mol. The van der Waals surface area contributed by atoms with E-state index in [0.717, 1.165) is 22.6 Å². The number of nitrogens with zero attached hydrogens (tertiary/aromatic N) is 2. The molecule has 5 nitrogen and oxygen atoms in total. The number of imidazole rings is 1. The minimum Gasteiger partial charge on any atom is -0.486 e. The maximum absolute atomic E-state index is 12.6. The molecule has 36 heavy (non-hydrogen) atoms. The minimum absolute atomic E-state index is 0.0649. The molecule has 1 aromatic heterocycles. The smallest absolute Gasteiger partial charge is 0.251 e. The summed E-state index contributed by atoms with van der Waals surface area (Å²) in [5.41, 5.74) is 5.88. The third-order valence-corrected chi connectivity index (χ3v) is 6.05. The third kappa shape index (κ3) is 5.15. The van der Waals surface area contributed by atoms with Crippen molar-refractivity contribution >= 4 is 16.9 Å². The Morgan fingerprint density at radius 3 is 2.33 bits per heavy atom. The number of carbonyl (C=O) groups excluding carboxylic acids is 1. The van der Waals surface area contributed by atoms with E-state index in [1.165, 1.54) is 16.7 Å². The van der Waals surface area contributed by atoms with E-state index in [2.05, 4.69) is 58.4 Å². The van der Waals surface area contributed by atoms with Crippen molar-refractivity contribution in [3.8, 4) is 16.9 Å². The summed E-state index contributed by atoms with van der Waals surface area (Å²) in [6.07, 6.45) is 0. The molecule has 0 radical (unpaired) electrons. The van der Waals surface area contributed by atoms with Gasteiger partial charge in [0.1, 0.15) is 18.2 Å². The van der Waals surface area contributed by atoms with Crippen LogP contribution in [-0.2, 0) is 13.2 Å². The Kier molecular flexibility index (Phi) is 6.80. The average Bonchev–Trinajstić information content (AvgIpc) is 3.25. The molecule has 5 aromatic rings. The van der Waals surface area contributed by atoms with Crippen LogP contribution in [0.4, 0.5) is 0 Å². The lowest BCUT2D eigenvalue weighted by Crippen LogP contribution is -2.29. The number of hydrogen-bond donors (Lipinski definition) is 1. The Morgan fingerprint density at radius 2 is 1.58 bits per heavy atom. The van der Waals surface area contributed by atoms with Gasteiger partial charge in [0.2, 0.25) is 0 Å². The second kappa shape index (κ2) is 10.5. The maximum atomic E-state index is 12.6. The number of ether oxygens (including phenoxy) is 1. The Labute approximate surface area is 211 Å². The van der Waals surface area contributed by atoms with Crippen molar-refractivity contribution in [3.05, 3.63) is 120 Å². The molecule has 1 heterocycles. The molecule has 0 spiro atoms. The second-order valence-corrected chi connectivity index (χ2v) is 9.07. The fraction of sp³-hybridized carbons (Fsp3) is 0.161. The van der Waals surface area contributed by atoms with Crippen molar-refractivity contribution in [1.82, 2.24) is 14.9 Å².